The van der Waals surface area contributed by atoms with Gasteiger partial charge in [0.2, 0.25) is 5.91 Å². The molecule has 0 radical (unpaired) electrons. The molecular weight excluding hydrogens is 767 g/mol. The number of hydrogen-bond acceptors (Lipinski definition) is 8. The predicted octanol–water partition coefficient (Wildman–Crippen LogP) is 11.8. The molecule has 6 N–H and O–H groups in total. The first-order valence-electron chi connectivity index (χ1n) is 26.1. The third-order valence-corrected chi connectivity index (χ3v) is 12.5. The topological polar surface area (TPSA) is 149 Å². The van der Waals surface area contributed by atoms with Gasteiger partial charge in [-0.3, -0.25) is 4.79 Å². The van der Waals surface area contributed by atoms with Gasteiger partial charge in [0, 0.05) is 6.42 Å². The standard InChI is InChI=1S/C52H99NO8/c1-3-5-7-9-11-13-15-17-19-21-22-23-24-26-28-30-32-34-36-38-40-42-48(56)53-45(44-60-52-51(59)50(58)49(57)47(43-54)61-52)46(55)41-39-37-35-33-31-29-27-25-20-18-16-14-12-10-8-6-4-2/h31,33,39,41,45-47,49-52,54-55,57-59H,3-30,32,34-38,40,42-44H2,1-2H3,(H,53,56)/b33-31+,41-39+. The number of unbranched alkanes of at least 4 members (excludes halogenated alkanes) is 32. The molecule has 1 saturated heterocycles. The Labute approximate surface area is 375 Å². The Balaban J connectivity index is 2.29. The van der Waals surface area contributed by atoms with Crippen LogP contribution in [0.5, 0.6) is 0 Å². The number of amides is 1. The largest absolute Gasteiger partial charge is 0.394 e. The Morgan fingerprint density at radius 1 is 0.541 bits per heavy atom. The molecule has 0 saturated carbocycles. The molecule has 0 aromatic carbocycles. The van der Waals surface area contributed by atoms with Gasteiger partial charge in [-0.05, 0) is 32.1 Å². The Kier molecular flexibility index (Phi) is 40.3. The van der Waals surface area contributed by atoms with Crippen LogP contribution in [0.2, 0.25) is 0 Å². The van der Waals surface area contributed by atoms with Gasteiger partial charge >= 0.3 is 0 Å². The molecule has 1 aliphatic heterocycles. The van der Waals surface area contributed by atoms with Gasteiger partial charge in [0.05, 0.1) is 25.4 Å². The summed E-state index contributed by atoms with van der Waals surface area (Å²) in [6.45, 7) is 3.78. The zero-order chi connectivity index (χ0) is 44.4. The first-order valence-corrected chi connectivity index (χ1v) is 26.1. The van der Waals surface area contributed by atoms with Crippen LogP contribution in [0, 0.1) is 0 Å². The first kappa shape index (κ1) is 57.7. The summed E-state index contributed by atoms with van der Waals surface area (Å²) in [6.07, 6.45) is 45.2. The van der Waals surface area contributed by atoms with Crippen molar-refractivity contribution < 1.29 is 39.8 Å². The summed E-state index contributed by atoms with van der Waals surface area (Å²) in [4.78, 5) is 13.0. The second kappa shape index (κ2) is 42.6. The Morgan fingerprint density at radius 3 is 1.38 bits per heavy atom. The lowest BCUT2D eigenvalue weighted by molar-refractivity contribution is -0.302. The molecule has 0 aromatic rings. The molecule has 61 heavy (non-hydrogen) atoms. The van der Waals surface area contributed by atoms with Crippen molar-refractivity contribution in [2.75, 3.05) is 13.2 Å². The third-order valence-electron chi connectivity index (χ3n) is 12.5. The lowest BCUT2D eigenvalue weighted by Gasteiger charge is -2.40. The van der Waals surface area contributed by atoms with Gasteiger partial charge in [-0.2, -0.15) is 0 Å². The van der Waals surface area contributed by atoms with Gasteiger partial charge in [-0.15, -0.1) is 0 Å². The first-order chi connectivity index (χ1) is 29.8. The SMILES string of the molecule is CCCCCCCCCCCCC/C=C/CC/C=C/C(O)C(COC1OC(CO)C(O)C(O)C1O)NC(=O)CCCCCCCCCCCCCCCCCCCCCCC. The van der Waals surface area contributed by atoms with Gasteiger partial charge in [0.25, 0.3) is 0 Å². The van der Waals surface area contributed by atoms with Gasteiger partial charge in [0.15, 0.2) is 6.29 Å². The molecule has 0 aromatic heterocycles. The van der Waals surface area contributed by atoms with E-state index in [1.54, 1.807) is 6.08 Å². The van der Waals surface area contributed by atoms with Crippen LogP contribution in [0.4, 0.5) is 0 Å². The highest BCUT2D eigenvalue weighted by molar-refractivity contribution is 5.76. The molecule has 0 aliphatic carbocycles. The van der Waals surface area contributed by atoms with Crippen molar-refractivity contribution in [3.8, 4) is 0 Å². The molecule has 1 aliphatic rings. The highest BCUT2D eigenvalue weighted by Gasteiger charge is 2.44. The van der Waals surface area contributed by atoms with E-state index in [0.717, 1.165) is 38.5 Å². The molecule has 0 bridgehead atoms. The molecule has 360 valence electrons. The Bertz CT molecular complexity index is 1010. The van der Waals surface area contributed by atoms with Crippen LogP contribution in [0.15, 0.2) is 24.3 Å². The summed E-state index contributed by atoms with van der Waals surface area (Å²) in [7, 11) is 0. The van der Waals surface area contributed by atoms with E-state index in [0.29, 0.717) is 6.42 Å². The average Bonchev–Trinajstić information content (AvgIpc) is 3.26. The second-order valence-corrected chi connectivity index (χ2v) is 18.3. The van der Waals surface area contributed by atoms with E-state index in [2.05, 4.69) is 31.3 Å². The van der Waals surface area contributed by atoms with Crippen LogP contribution in [0.25, 0.3) is 0 Å². The van der Waals surface area contributed by atoms with Crippen molar-refractivity contribution in [2.24, 2.45) is 0 Å². The number of carbonyl (C=O) groups is 1. The summed E-state index contributed by atoms with van der Waals surface area (Å²) in [5.74, 6) is -0.182. The van der Waals surface area contributed by atoms with Crippen LogP contribution in [-0.2, 0) is 14.3 Å². The number of rotatable bonds is 44. The minimum atomic E-state index is -1.57. The van der Waals surface area contributed by atoms with Crippen LogP contribution in [0.3, 0.4) is 0 Å². The summed E-state index contributed by atoms with van der Waals surface area (Å²) in [5, 5.41) is 54.3. The predicted molar refractivity (Wildman–Crippen MR) is 253 cm³/mol. The lowest BCUT2D eigenvalue weighted by atomic mass is 9.99. The van der Waals surface area contributed by atoms with Crippen LogP contribution >= 0.6 is 0 Å². The molecule has 1 fully saturated rings. The van der Waals surface area contributed by atoms with Crippen molar-refractivity contribution in [3.63, 3.8) is 0 Å². The quantitative estimate of drug-likeness (QED) is 0.0262. The zero-order valence-electron chi connectivity index (χ0n) is 39.7. The summed E-state index contributed by atoms with van der Waals surface area (Å²) in [6, 6.07) is -0.817. The van der Waals surface area contributed by atoms with Crippen molar-refractivity contribution in [1.82, 2.24) is 5.32 Å². The van der Waals surface area contributed by atoms with Gasteiger partial charge < -0.3 is 40.3 Å². The molecule has 9 nitrogen and oxygen atoms in total. The van der Waals surface area contributed by atoms with E-state index in [4.69, 9.17) is 9.47 Å². The molecule has 9 heteroatoms. The van der Waals surface area contributed by atoms with E-state index in [1.165, 1.54) is 186 Å². The molecular formula is C52H99NO8. The number of hydrogen-bond donors (Lipinski definition) is 6. The van der Waals surface area contributed by atoms with Crippen LogP contribution in [0.1, 0.15) is 245 Å². The molecule has 7 unspecified atom stereocenters. The monoisotopic (exact) mass is 866 g/mol. The van der Waals surface area contributed by atoms with Crippen molar-refractivity contribution >= 4 is 5.91 Å². The number of allylic oxidation sites excluding steroid dienone is 3. The number of ether oxygens (including phenoxy) is 2. The fraction of sp³-hybridized carbons (Fsp3) is 0.904. The van der Waals surface area contributed by atoms with Crippen molar-refractivity contribution in [1.29, 1.82) is 0 Å². The summed E-state index contributed by atoms with van der Waals surface area (Å²) >= 11 is 0. The lowest BCUT2D eigenvalue weighted by Crippen LogP contribution is -2.60. The summed E-state index contributed by atoms with van der Waals surface area (Å²) < 4.78 is 11.2. The average molecular weight is 866 g/mol. The van der Waals surface area contributed by atoms with Crippen LogP contribution in [-0.4, -0.2) is 87.5 Å². The van der Waals surface area contributed by atoms with E-state index < -0.39 is 49.5 Å². The highest BCUT2D eigenvalue weighted by Crippen LogP contribution is 2.23. The zero-order valence-corrected chi connectivity index (χ0v) is 39.7. The maximum atomic E-state index is 13.0. The van der Waals surface area contributed by atoms with E-state index in [1.807, 2.05) is 6.08 Å². The molecule has 1 heterocycles. The van der Waals surface area contributed by atoms with E-state index in [-0.39, 0.29) is 12.5 Å². The Hall–Kier alpha value is -1.33. The van der Waals surface area contributed by atoms with Gasteiger partial charge in [0.1, 0.15) is 24.4 Å². The number of nitrogens with one attached hydrogen (secondary N) is 1. The molecule has 1 rings (SSSR count). The van der Waals surface area contributed by atoms with Crippen molar-refractivity contribution in [2.45, 2.75) is 288 Å². The second-order valence-electron chi connectivity index (χ2n) is 18.3. The number of aliphatic hydroxyl groups excluding tert-OH is 5. The number of aliphatic hydroxyl groups is 5. The molecule has 7 atom stereocenters. The Morgan fingerprint density at radius 2 is 0.934 bits per heavy atom. The minimum Gasteiger partial charge on any atom is -0.394 e. The maximum Gasteiger partial charge on any atom is 0.220 e. The normalized spacial score (nSPS) is 20.5. The maximum absolute atomic E-state index is 13.0. The fourth-order valence-electron chi connectivity index (χ4n) is 8.35. The fourth-order valence-corrected chi connectivity index (χ4v) is 8.35. The summed E-state index contributed by atoms with van der Waals surface area (Å²) in [5.41, 5.74) is 0. The van der Waals surface area contributed by atoms with E-state index in [9.17, 15) is 30.3 Å². The van der Waals surface area contributed by atoms with Gasteiger partial charge in [-0.1, -0.05) is 231 Å². The van der Waals surface area contributed by atoms with Gasteiger partial charge in [-0.25, -0.2) is 0 Å². The molecule has 0 spiro atoms. The third kappa shape index (κ3) is 32.9. The smallest absolute Gasteiger partial charge is 0.220 e. The minimum absolute atomic E-state index is 0.182. The molecule has 1 amide bonds. The van der Waals surface area contributed by atoms with E-state index >= 15 is 0 Å². The van der Waals surface area contributed by atoms with Crippen LogP contribution < -0.4 is 5.32 Å². The number of carbonyl (C=O) groups excluding carboxylic acids is 1. The van der Waals surface area contributed by atoms with Crippen molar-refractivity contribution in [3.05, 3.63) is 24.3 Å². The highest BCUT2D eigenvalue weighted by atomic mass is 16.7.